The lowest BCUT2D eigenvalue weighted by Gasteiger charge is -2.17. The van der Waals surface area contributed by atoms with Crippen LogP contribution in [0.2, 0.25) is 0 Å². The number of hydrogen-bond acceptors (Lipinski definition) is 5. The molecule has 1 heterocycles. The number of aromatic nitrogens is 3. The summed E-state index contributed by atoms with van der Waals surface area (Å²) in [4.78, 5) is 0. The van der Waals surface area contributed by atoms with Crippen LogP contribution in [0.3, 0.4) is 0 Å². The third-order valence-corrected chi connectivity index (χ3v) is 2.10. The SMILES string of the molecule is CCOC(CNCc1nncn1C)OCC. The van der Waals surface area contributed by atoms with Crippen LogP contribution < -0.4 is 5.32 Å². The minimum Gasteiger partial charge on any atom is -0.352 e. The predicted octanol–water partition coefficient (Wildman–Crippen LogP) is 0.304. The Balaban J connectivity index is 2.24. The summed E-state index contributed by atoms with van der Waals surface area (Å²) >= 11 is 0. The lowest BCUT2D eigenvalue weighted by atomic mass is 10.5. The van der Waals surface area contributed by atoms with Crippen molar-refractivity contribution in [3.05, 3.63) is 12.2 Å². The molecule has 0 saturated carbocycles. The zero-order chi connectivity index (χ0) is 11.8. The van der Waals surface area contributed by atoms with E-state index in [1.54, 1.807) is 6.33 Å². The highest BCUT2D eigenvalue weighted by molar-refractivity contribution is 4.82. The van der Waals surface area contributed by atoms with Crippen LogP contribution in [0.5, 0.6) is 0 Å². The van der Waals surface area contributed by atoms with Crippen molar-refractivity contribution in [1.82, 2.24) is 20.1 Å². The van der Waals surface area contributed by atoms with Crippen LogP contribution >= 0.6 is 0 Å². The number of hydrogen-bond donors (Lipinski definition) is 1. The van der Waals surface area contributed by atoms with Crippen LogP contribution in [0.1, 0.15) is 19.7 Å². The van der Waals surface area contributed by atoms with Crippen molar-refractivity contribution in [2.45, 2.75) is 26.7 Å². The Morgan fingerprint density at radius 1 is 1.38 bits per heavy atom. The molecule has 0 aromatic carbocycles. The van der Waals surface area contributed by atoms with Gasteiger partial charge in [0.2, 0.25) is 0 Å². The number of ether oxygens (including phenoxy) is 2. The van der Waals surface area contributed by atoms with Crippen molar-refractivity contribution < 1.29 is 9.47 Å². The van der Waals surface area contributed by atoms with Crippen LogP contribution in [-0.4, -0.2) is 40.8 Å². The zero-order valence-corrected chi connectivity index (χ0v) is 10.1. The molecule has 1 aromatic heterocycles. The Labute approximate surface area is 96.0 Å². The zero-order valence-electron chi connectivity index (χ0n) is 10.1. The van der Waals surface area contributed by atoms with Gasteiger partial charge in [-0.25, -0.2) is 0 Å². The van der Waals surface area contributed by atoms with Gasteiger partial charge in [-0.2, -0.15) is 0 Å². The Morgan fingerprint density at radius 3 is 2.56 bits per heavy atom. The molecule has 92 valence electrons. The van der Waals surface area contributed by atoms with Crippen LogP contribution in [0, 0.1) is 0 Å². The monoisotopic (exact) mass is 228 g/mol. The highest BCUT2D eigenvalue weighted by atomic mass is 16.7. The number of nitrogens with zero attached hydrogens (tertiary/aromatic N) is 3. The van der Waals surface area contributed by atoms with Crippen molar-refractivity contribution in [3.8, 4) is 0 Å². The quantitative estimate of drug-likeness (QED) is 0.649. The largest absolute Gasteiger partial charge is 0.352 e. The van der Waals surface area contributed by atoms with Gasteiger partial charge in [0.15, 0.2) is 6.29 Å². The molecule has 1 rings (SSSR count). The van der Waals surface area contributed by atoms with E-state index >= 15 is 0 Å². The van der Waals surface area contributed by atoms with E-state index in [9.17, 15) is 0 Å². The van der Waals surface area contributed by atoms with Crippen molar-refractivity contribution in [2.24, 2.45) is 7.05 Å². The van der Waals surface area contributed by atoms with Gasteiger partial charge in [-0.3, -0.25) is 0 Å². The standard InChI is InChI=1S/C10H20N4O2/c1-4-15-10(16-5-2)7-11-6-9-13-12-8-14(9)3/h8,10-11H,4-7H2,1-3H3. The minimum atomic E-state index is -0.191. The summed E-state index contributed by atoms with van der Waals surface area (Å²) in [7, 11) is 1.92. The molecule has 0 aliphatic carbocycles. The first-order valence-electron chi connectivity index (χ1n) is 5.54. The molecular weight excluding hydrogens is 208 g/mol. The van der Waals surface area contributed by atoms with Gasteiger partial charge in [-0.15, -0.1) is 10.2 Å². The van der Waals surface area contributed by atoms with Gasteiger partial charge < -0.3 is 19.4 Å². The third-order valence-electron chi connectivity index (χ3n) is 2.10. The van der Waals surface area contributed by atoms with Crippen molar-refractivity contribution in [2.75, 3.05) is 19.8 Å². The van der Waals surface area contributed by atoms with Crippen LogP contribution in [0.15, 0.2) is 6.33 Å². The lowest BCUT2D eigenvalue weighted by Crippen LogP contribution is -2.31. The number of aryl methyl sites for hydroxylation is 1. The lowest BCUT2D eigenvalue weighted by molar-refractivity contribution is -0.133. The van der Waals surface area contributed by atoms with E-state index in [0.29, 0.717) is 26.3 Å². The molecule has 0 fully saturated rings. The molecule has 6 nitrogen and oxygen atoms in total. The van der Waals surface area contributed by atoms with E-state index < -0.39 is 0 Å². The Hall–Kier alpha value is -0.980. The van der Waals surface area contributed by atoms with Gasteiger partial charge >= 0.3 is 0 Å². The maximum absolute atomic E-state index is 5.40. The molecule has 0 unspecified atom stereocenters. The first kappa shape index (κ1) is 13.1. The molecule has 6 heteroatoms. The smallest absolute Gasteiger partial charge is 0.169 e. The normalized spacial score (nSPS) is 11.2. The van der Waals surface area contributed by atoms with E-state index in [-0.39, 0.29) is 6.29 Å². The topological polar surface area (TPSA) is 61.2 Å². The maximum atomic E-state index is 5.40. The van der Waals surface area contributed by atoms with Crippen molar-refractivity contribution in [1.29, 1.82) is 0 Å². The highest BCUT2D eigenvalue weighted by Gasteiger charge is 2.07. The predicted molar refractivity (Wildman–Crippen MR) is 59.7 cm³/mol. The van der Waals surface area contributed by atoms with E-state index in [4.69, 9.17) is 9.47 Å². The van der Waals surface area contributed by atoms with Gasteiger partial charge in [0.25, 0.3) is 0 Å². The second-order valence-corrected chi connectivity index (χ2v) is 3.33. The van der Waals surface area contributed by atoms with E-state index in [1.807, 2.05) is 25.5 Å². The maximum Gasteiger partial charge on any atom is 0.169 e. The summed E-state index contributed by atoms with van der Waals surface area (Å²) in [6.45, 7) is 6.51. The Bertz CT molecular complexity index is 284. The first-order chi connectivity index (χ1) is 7.77. The molecule has 0 spiro atoms. The fourth-order valence-corrected chi connectivity index (χ4v) is 1.31. The summed E-state index contributed by atoms with van der Waals surface area (Å²) in [6.07, 6.45) is 1.49. The van der Waals surface area contributed by atoms with E-state index in [0.717, 1.165) is 5.82 Å². The van der Waals surface area contributed by atoms with Crippen LogP contribution in [-0.2, 0) is 23.1 Å². The fourth-order valence-electron chi connectivity index (χ4n) is 1.31. The van der Waals surface area contributed by atoms with Crippen molar-refractivity contribution >= 4 is 0 Å². The summed E-state index contributed by atoms with van der Waals surface area (Å²) in [6, 6.07) is 0. The van der Waals surface area contributed by atoms with E-state index in [1.165, 1.54) is 0 Å². The molecule has 1 aromatic rings. The van der Waals surface area contributed by atoms with E-state index in [2.05, 4.69) is 15.5 Å². The molecule has 0 amide bonds. The summed E-state index contributed by atoms with van der Waals surface area (Å²) in [5.41, 5.74) is 0. The summed E-state index contributed by atoms with van der Waals surface area (Å²) in [5.74, 6) is 0.895. The molecule has 1 N–H and O–H groups in total. The van der Waals surface area contributed by atoms with Crippen LogP contribution in [0.25, 0.3) is 0 Å². The molecule has 0 saturated heterocycles. The minimum absolute atomic E-state index is 0.191. The molecule has 0 bridgehead atoms. The average Bonchev–Trinajstić information content (AvgIpc) is 2.65. The van der Waals surface area contributed by atoms with Gasteiger partial charge in [0.05, 0.1) is 6.54 Å². The molecular formula is C10H20N4O2. The second kappa shape index (κ2) is 7.32. The number of rotatable bonds is 8. The molecule has 0 atom stereocenters. The molecule has 0 aliphatic heterocycles. The Morgan fingerprint density at radius 2 is 2.06 bits per heavy atom. The highest BCUT2D eigenvalue weighted by Crippen LogP contribution is 1.95. The van der Waals surface area contributed by atoms with Crippen molar-refractivity contribution in [3.63, 3.8) is 0 Å². The molecule has 0 radical (unpaired) electrons. The first-order valence-corrected chi connectivity index (χ1v) is 5.54. The third kappa shape index (κ3) is 4.26. The summed E-state index contributed by atoms with van der Waals surface area (Å²) in [5, 5.41) is 11.0. The van der Waals surface area contributed by atoms with Gasteiger partial charge in [0, 0.05) is 26.8 Å². The fraction of sp³-hybridized carbons (Fsp3) is 0.800. The second-order valence-electron chi connectivity index (χ2n) is 3.33. The van der Waals surface area contributed by atoms with Crippen LogP contribution in [0.4, 0.5) is 0 Å². The van der Waals surface area contributed by atoms with Gasteiger partial charge in [-0.05, 0) is 13.8 Å². The molecule has 16 heavy (non-hydrogen) atoms. The van der Waals surface area contributed by atoms with Gasteiger partial charge in [0.1, 0.15) is 12.2 Å². The number of nitrogens with one attached hydrogen (secondary N) is 1. The average molecular weight is 228 g/mol. The Kier molecular flexibility index (Phi) is 5.99. The summed E-state index contributed by atoms with van der Waals surface area (Å²) < 4.78 is 12.7. The van der Waals surface area contributed by atoms with Gasteiger partial charge in [-0.1, -0.05) is 0 Å². The molecule has 0 aliphatic rings.